The molecule has 3 heterocycles. The number of rotatable bonds is 6. The maximum absolute atomic E-state index is 13.1. The van der Waals surface area contributed by atoms with Gasteiger partial charge >= 0.3 is 6.18 Å². The third-order valence-corrected chi connectivity index (χ3v) is 6.94. The summed E-state index contributed by atoms with van der Waals surface area (Å²) in [6.45, 7) is 1.07. The first-order valence-electron chi connectivity index (χ1n) is 11.1. The number of aromatic nitrogens is 2. The molecule has 166 valence electrons. The minimum atomic E-state index is -4.51. The van der Waals surface area contributed by atoms with Crippen LogP contribution in [0, 0.1) is 0 Å². The van der Waals surface area contributed by atoms with Crippen molar-refractivity contribution in [2.24, 2.45) is 0 Å². The monoisotopic (exact) mass is 439 g/mol. The molecule has 1 saturated heterocycles. The number of pyridine rings is 2. The highest BCUT2D eigenvalue weighted by atomic mass is 19.4. The first-order valence-corrected chi connectivity index (χ1v) is 11.1. The van der Waals surface area contributed by atoms with Gasteiger partial charge < -0.3 is 10.1 Å². The second-order valence-corrected chi connectivity index (χ2v) is 9.17. The molecule has 0 amide bonds. The molecule has 2 aliphatic rings. The number of halogens is 3. The van der Waals surface area contributed by atoms with E-state index in [1.165, 1.54) is 6.20 Å². The Bertz CT molecular complexity index is 920. The maximum Gasteiger partial charge on any atom is 0.417 e. The van der Waals surface area contributed by atoms with Gasteiger partial charge in [0.05, 0.1) is 26.9 Å². The van der Waals surface area contributed by atoms with Crippen LogP contribution in [0.5, 0.6) is 0 Å². The first-order chi connectivity index (χ1) is 15.1. The highest BCUT2D eigenvalue weighted by molar-refractivity contribution is 6.39. The predicted molar refractivity (Wildman–Crippen MR) is 117 cm³/mol. The Labute approximate surface area is 189 Å². The Balaban J connectivity index is 1.52. The van der Waals surface area contributed by atoms with Gasteiger partial charge in [-0.2, -0.15) is 13.2 Å². The van der Waals surface area contributed by atoms with Gasteiger partial charge in [0, 0.05) is 36.3 Å². The van der Waals surface area contributed by atoms with Gasteiger partial charge in [-0.3, -0.25) is 9.97 Å². The second-order valence-electron chi connectivity index (χ2n) is 9.17. The van der Waals surface area contributed by atoms with Crippen LogP contribution in [0.3, 0.4) is 0 Å². The van der Waals surface area contributed by atoms with Crippen LogP contribution < -0.4 is 5.32 Å². The normalized spacial score (nSPS) is 23.5. The van der Waals surface area contributed by atoms with Crippen LogP contribution in [0.25, 0.3) is 0 Å². The molecule has 1 aliphatic carbocycles. The Hall–Kier alpha value is -1.86. The van der Waals surface area contributed by atoms with Crippen LogP contribution in [0.4, 0.5) is 13.2 Å². The molecule has 1 spiro atoms. The smallest absolute Gasteiger partial charge is 0.375 e. The first kappa shape index (κ1) is 23.3. The van der Waals surface area contributed by atoms with E-state index < -0.39 is 17.1 Å². The summed E-state index contributed by atoms with van der Waals surface area (Å²) in [5.41, 5.74) is -0.118. The fraction of sp³-hybridized carbons (Fsp3) is 0.565. The lowest BCUT2D eigenvalue weighted by atomic mass is 9.58. The van der Waals surface area contributed by atoms with Gasteiger partial charge in [0.2, 0.25) is 0 Å². The summed E-state index contributed by atoms with van der Waals surface area (Å²) in [5, 5.41) is 1.41. The topological polar surface area (TPSA) is 47.0 Å². The van der Waals surface area contributed by atoms with E-state index in [9.17, 15) is 13.2 Å². The Morgan fingerprint density at radius 1 is 1.06 bits per heavy atom. The molecule has 9 heteroatoms. The molecule has 0 aromatic carbocycles. The zero-order valence-corrected chi connectivity index (χ0v) is 18.0. The van der Waals surface area contributed by atoms with Crippen molar-refractivity contribution in [3.63, 3.8) is 0 Å². The Kier molecular flexibility index (Phi) is 6.43. The average Bonchev–Trinajstić information content (AvgIpc) is 3.21. The van der Waals surface area contributed by atoms with Crippen LogP contribution >= 0.6 is 0 Å². The van der Waals surface area contributed by atoms with Crippen LogP contribution in [0.15, 0.2) is 42.9 Å². The summed E-state index contributed by atoms with van der Waals surface area (Å²) in [7, 11) is 12.4. The fourth-order valence-electron chi connectivity index (χ4n) is 5.23. The number of ether oxygens (including phenoxy) is 1. The van der Waals surface area contributed by atoms with E-state index in [0.29, 0.717) is 19.6 Å². The van der Waals surface area contributed by atoms with Gasteiger partial charge in [-0.15, -0.1) is 0 Å². The molecule has 1 atom stereocenters. The second kappa shape index (κ2) is 8.82. The van der Waals surface area contributed by atoms with E-state index in [1.807, 2.05) is 18.2 Å². The van der Waals surface area contributed by atoms with Crippen molar-refractivity contribution in [1.82, 2.24) is 15.3 Å². The molecule has 0 bridgehead atoms. The van der Waals surface area contributed by atoms with Crippen molar-refractivity contribution in [2.75, 3.05) is 13.2 Å². The van der Waals surface area contributed by atoms with Gasteiger partial charge in [0.25, 0.3) is 0 Å². The molecule has 1 N–H and O–H groups in total. The SMILES string of the molecule is [B]C([B])(NCC[C@@]1(c2ccccn2)CCOC2(CCCC2)C1)c1cncc(C(F)(F)F)c1. The van der Waals surface area contributed by atoms with Crippen molar-refractivity contribution in [1.29, 1.82) is 0 Å². The van der Waals surface area contributed by atoms with Crippen LogP contribution in [-0.2, 0) is 21.7 Å². The Morgan fingerprint density at radius 3 is 2.50 bits per heavy atom. The van der Waals surface area contributed by atoms with E-state index in [2.05, 4.69) is 15.3 Å². The molecule has 2 aromatic heterocycles. The van der Waals surface area contributed by atoms with Crippen LogP contribution in [0.2, 0.25) is 0 Å². The summed E-state index contributed by atoms with van der Waals surface area (Å²) in [5.74, 6) is 0. The largest absolute Gasteiger partial charge is 0.417 e. The van der Waals surface area contributed by atoms with E-state index in [4.69, 9.17) is 20.4 Å². The minimum Gasteiger partial charge on any atom is -0.375 e. The Morgan fingerprint density at radius 2 is 1.81 bits per heavy atom. The number of hydrogen-bond donors (Lipinski definition) is 1. The number of alkyl halides is 3. The predicted octanol–water partition coefficient (Wildman–Crippen LogP) is 3.98. The number of nitrogens with zero attached hydrogens (tertiary/aromatic N) is 2. The lowest BCUT2D eigenvalue weighted by Gasteiger charge is -2.47. The van der Waals surface area contributed by atoms with E-state index in [-0.39, 0.29) is 16.6 Å². The van der Waals surface area contributed by atoms with Crippen molar-refractivity contribution < 1.29 is 17.9 Å². The van der Waals surface area contributed by atoms with Gasteiger partial charge in [-0.25, -0.2) is 0 Å². The maximum atomic E-state index is 13.1. The number of hydrogen-bond acceptors (Lipinski definition) is 4. The van der Waals surface area contributed by atoms with E-state index in [0.717, 1.165) is 56.5 Å². The zero-order chi connectivity index (χ0) is 22.9. The van der Waals surface area contributed by atoms with Gasteiger partial charge in [0.15, 0.2) is 0 Å². The van der Waals surface area contributed by atoms with Gasteiger partial charge in [-0.05, 0) is 67.7 Å². The molecule has 0 unspecified atom stereocenters. The summed E-state index contributed by atoms with van der Waals surface area (Å²) in [6.07, 6.45) is 6.10. The summed E-state index contributed by atoms with van der Waals surface area (Å²) >= 11 is 0. The fourth-order valence-corrected chi connectivity index (χ4v) is 5.23. The number of nitrogens with one attached hydrogen (secondary N) is 1. The zero-order valence-electron chi connectivity index (χ0n) is 18.0. The molecule has 2 aromatic rings. The van der Waals surface area contributed by atoms with Crippen LogP contribution in [0.1, 0.15) is 61.8 Å². The minimum absolute atomic E-state index is 0.0819. The quantitative estimate of drug-likeness (QED) is 0.693. The molecular weight excluding hydrogens is 413 g/mol. The third kappa shape index (κ3) is 4.88. The summed E-state index contributed by atoms with van der Waals surface area (Å²) in [4.78, 5) is 8.34. The molecular formula is C23H26B2F3N3O. The molecule has 2 fully saturated rings. The molecule has 1 aliphatic heterocycles. The summed E-state index contributed by atoms with van der Waals surface area (Å²) in [6, 6.07) is 6.86. The molecule has 1 saturated carbocycles. The van der Waals surface area contributed by atoms with Gasteiger partial charge in [-0.1, -0.05) is 18.9 Å². The standard InChI is InChI=1S/C23H26B2F3N3O/c24-22(25,17-13-18(15-29-14-17)23(26,27)28)31-11-8-20(19-5-1-4-10-30-19)9-12-32-21(16-20)6-2-3-7-21/h1,4-5,10,13-15,31H,2-3,6-9,11-12,16H2/t20-/m1/s1. The lowest BCUT2D eigenvalue weighted by molar-refractivity contribution is -0.137. The van der Waals surface area contributed by atoms with E-state index in [1.54, 1.807) is 6.20 Å². The average molecular weight is 439 g/mol. The summed E-state index contributed by atoms with van der Waals surface area (Å²) < 4.78 is 45.5. The van der Waals surface area contributed by atoms with Crippen molar-refractivity contribution in [3.8, 4) is 0 Å². The highest BCUT2D eigenvalue weighted by Gasteiger charge is 2.48. The third-order valence-electron chi connectivity index (χ3n) is 6.94. The molecule has 32 heavy (non-hydrogen) atoms. The van der Waals surface area contributed by atoms with Crippen molar-refractivity contribution in [2.45, 2.75) is 67.5 Å². The molecule has 4 nitrogen and oxygen atoms in total. The van der Waals surface area contributed by atoms with Crippen LogP contribution in [-0.4, -0.2) is 44.4 Å². The van der Waals surface area contributed by atoms with Gasteiger partial charge in [0.1, 0.15) is 0 Å². The van der Waals surface area contributed by atoms with E-state index >= 15 is 0 Å². The molecule has 4 rings (SSSR count). The van der Waals surface area contributed by atoms with Crippen molar-refractivity contribution >= 4 is 15.7 Å². The van der Waals surface area contributed by atoms with Crippen molar-refractivity contribution in [3.05, 3.63) is 59.7 Å². The molecule has 4 radical (unpaired) electrons. The highest BCUT2D eigenvalue weighted by Crippen LogP contribution is 2.49. The lowest BCUT2D eigenvalue weighted by Crippen LogP contribution is -2.50.